The molecule has 0 saturated heterocycles. The van der Waals surface area contributed by atoms with E-state index >= 15 is 0 Å². The molecule has 9 nitrogen and oxygen atoms in total. The lowest BCUT2D eigenvalue weighted by Gasteiger charge is -2.14. The van der Waals surface area contributed by atoms with Crippen molar-refractivity contribution in [1.29, 1.82) is 0 Å². The van der Waals surface area contributed by atoms with Gasteiger partial charge in [0.15, 0.2) is 5.65 Å². The maximum Gasteiger partial charge on any atom is 0.328 e. The average Bonchev–Trinajstić information content (AvgIpc) is 2.87. The van der Waals surface area contributed by atoms with Crippen molar-refractivity contribution in [1.82, 2.24) is 20.2 Å². The minimum Gasteiger partial charge on any atom is -0.464 e. The van der Waals surface area contributed by atoms with Crippen LogP contribution in [-0.4, -0.2) is 38.8 Å². The molecule has 19 heavy (non-hydrogen) atoms. The number of aromatic amines is 1. The molecule has 1 atom stereocenters. The number of hydrazine groups is 1. The number of hydrogen-bond acceptors (Lipinski definition) is 8. The van der Waals surface area contributed by atoms with E-state index in [-0.39, 0.29) is 11.9 Å². The van der Waals surface area contributed by atoms with Gasteiger partial charge < -0.3 is 10.1 Å². The summed E-state index contributed by atoms with van der Waals surface area (Å²) in [6.07, 6.45) is 1.57. The van der Waals surface area contributed by atoms with Crippen LogP contribution >= 0.6 is 0 Å². The van der Waals surface area contributed by atoms with Gasteiger partial charge in [-0.05, 0) is 13.8 Å². The van der Waals surface area contributed by atoms with Crippen molar-refractivity contribution < 1.29 is 9.53 Å². The van der Waals surface area contributed by atoms with E-state index in [0.717, 1.165) is 0 Å². The van der Waals surface area contributed by atoms with Gasteiger partial charge in [0.05, 0.1) is 18.2 Å². The quantitative estimate of drug-likeness (QED) is 0.337. The molecule has 0 aliphatic rings. The first kappa shape index (κ1) is 13.0. The lowest BCUT2D eigenvalue weighted by Crippen LogP contribution is -2.29. The van der Waals surface area contributed by atoms with Crippen LogP contribution in [0.1, 0.15) is 13.8 Å². The van der Waals surface area contributed by atoms with Gasteiger partial charge in [-0.2, -0.15) is 15.1 Å². The summed E-state index contributed by atoms with van der Waals surface area (Å²) >= 11 is 0. The standard InChI is InChI=1S/C10H15N7O2/c1-3-19-9(18)5(2)13-7-6-4-12-17-8(6)15-10(14-7)16-11/h4-5H,3,11H2,1-2H3,(H3,12,13,14,15,16,17). The topological polar surface area (TPSA) is 131 Å². The third-order valence-corrected chi connectivity index (χ3v) is 2.43. The molecule has 1 unspecified atom stereocenters. The number of ether oxygens (including phenoxy) is 1. The van der Waals surface area contributed by atoms with Crippen LogP contribution in [0.4, 0.5) is 11.8 Å². The third kappa shape index (κ3) is 2.71. The van der Waals surface area contributed by atoms with Gasteiger partial charge in [-0.1, -0.05) is 0 Å². The Bertz CT molecular complexity index is 582. The lowest BCUT2D eigenvalue weighted by atomic mass is 10.3. The first-order chi connectivity index (χ1) is 9.15. The van der Waals surface area contributed by atoms with E-state index in [1.807, 2.05) is 0 Å². The fourth-order valence-corrected chi connectivity index (χ4v) is 1.54. The van der Waals surface area contributed by atoms with Gasteiger partial charge >= 0.3 is 5.97 Å². The molecule has 9 heteroatoms. The van der Waals surface area contributed by atoms with E-state index in [4.69, 9.17) is 10.6 Å². The minimum atomic E-state index is -0.543. The highest BCUT2D eigenvalue weighted by Gasteiger charge is 2.17. The molecule has 0 bridgehead atoms. The Morgan fingerprint density at radius 3 is 3.05 bits per heavy atom. The van der Waals surface area contributed by atoms with Gasteiger partial charge in [-0.3, -0.25) is 10.5 Å². The van der Waals surface area contributed by atoms with Gasteiger partial charge in [0.25, 0.3) is 0 Å². The number of rotatable bonds is 5. The van der Waals surface area contributed by atoms with Crippen molar-refractivity contribution in [2.24, 2.45) is 5.84 Å². The van der Waals surface area contributed by atoms with Crippen molar-refractivity contribution >= 4 is 28.8 Å². The van der Waals surface area contributed by atoms with Crippen molar-refractivity contribution in [3.63, 3.8) is 0 Å². The maximum absolute atomic E-state index is 11.6. The summed E-state index contributed by atoms with van der Waals surface area (Å²) < 4.78 is 4.92. The van der Waals surface area contributed by atoms with Crippen LogP contribution in [-0.2, 0) is 9.53 Å². The lowest BCUT2D eigenvalue weighted by molar-refractivity contribution is -0.143. The van der Waals surface area contributed by atoms with E-state index in [1.54, 1.807) is 20.0 Å². The number of carbonyl (C=O) groups excluding carboxylic acids is 1. The van der Waals surface area contributed by atoms with Gasteiger partial charge in [0.2, 0.25) is 5.95 Å². The van der Waals surface area contributed by atoms with Gasteiger partial charge in [-0.25, -0.2) is 10.6 Å². The molecular weight excluding hydrogens is 250 g/mol. The van der Waals surface area contributed by atoms with Crippen LogP contribution in [0.15, 0.2) is 6.20 Å². The molecule has 2 rings (SSSR count). The van der Waals surface area contributed by atoms with Gasteiger partial charge in [0.1, 0.15) is 11.9 Å². The summed E-state index contributed by atoms with van der Waals surface area (Å²) in [5.41, 5.74) is 2.87. The summed E-state index contributed by atoms with van der Waals surface area (Å²) in [5, 5.41) is 10.2. The number of H-pyrrole nitrogens is 1. The van der Waals surface area contributed by atoms with E-state index in [1.165, 1.54) is 0 Å². The van der Waals surface area contributed by atoms with Crippen molar-refractivity contribution in [2.75, 3.05) is 17.3 Å². The highest BCUT2D eigenvalue weighted by atomic mass is 16.5. The number of nitrogens with two attached hydrogens (primary N) is 1. The van der Waals surface area contributed by atoms with Gasteiger partial charge in [0, 0.05) is 0 Å². The first-order valence-electron chi connectivity index (χ1n) is 5.76. The van der Waals surface area contributed by atoms with Crippen LogP contribution in [0.3, 0.4) is 0 Å². The predicted molar refractivity (Wildman–Crippen MR) is 69.2 cm³/mol. The average molecular weight is 265 g/mol. The number of anilines is 2. The largest absolute Gasteiger partial charge is 0.464 e. The first-order valence-corrected chi connectivity index (χ1v) is 5.76. The monoisotopic (exact) mass is 265 g/mol. The number of nitrogen functional groups attached to an aromatic ring is 1. The Balaban J connectivity index is 2.28. The molecule has 102 valence electrons. The van der Waals surface area contributed by atoms with Gasteiger partial charge in [-0.15, -0.1) is 0 Å². The Morgan fingerprint density at radius 1 is 1.58 bits per heavy atom. The van der Waals surface area contributed by atoms with E-state index in [2.05, 4.69) is 30.9 Å². The number of hydrogen-bond donors (Lipinski definition) is 4. The number of nitrogens with one attached hydrogen (secondary N) is 3. The SMILES string of the molecule is CCOC(=O)C(C)Nc1nc(NN)nc2[nH]ncc12. The second kappa shape index (κ2) is 5.48. The highest BCUT2D eigenvalue weighted by Crippen LogP contribution is 2.20. The molecule has 2 aromatic rings. The van der Waals surface area contributed by atoms with Crippen molar-refractivity contribution in [2.45, 2.75) is 19.9 Å². The van der Waals surface area contributed by atoms with Crippen LogP contribution in [0.25, 0.3) is 11.0 Å². The second-order valence-corrected chi connectivity index (χ2v) is 3.79. The number of aromatic nitrogens is 4. The summed E-state index contributed by atoms with van der Waals surface area (Å²) in [7, 11) is 0. The summed E-state index contributed by atoms with van der Waals surface area (Å²) in [4.78, 5) is 19.8. The maximum atomic E-state index is 11.6. The van der Waals surface area contributed by atoms with E-state index in [0.29, 0.717) is 23.5 Å². The fourth-order valence-electron chi connectivity index (χ4n) is 1.54. The summed E-state index contributed by atoms with van der Waals surface area (Å²) in [6, 6.07) is -0.543. The Kier molecular flexibility index (Phi) is 3.76. The van der Waals surface area contributed by atoms with Crippen LogP contribution in [0, 0.1) is 0 Å². The smallest absolute Gasteiger partial charge is 0.328 e. The molecule has 0 saturated carbocycles. The molecule has 0 radical (unpaired) electrons. The molecule has 2 aromatic heterocycles. The van der Waals surface area contributed by atoms with E-state index < -0.39 is 6.04 Å². The molecule has 2 heterocycles. The molecule has 0 spiro atoms. The number of carbonyl (C=O) groups is 1. The van der Waals surface area contributed by atoms with E-state index in [9.17, 15) is 4.79 Å². The van der Waals surface area contributed by atoms with Crippen LogP contribution < -0.4 is 16.6 Å². The minimum absolute atomic E-state index is 0.218. The van der Waals surface area contributed by atoms with Crippen LogP contribution in [0.2, 0.25) is 0 Å². The second-order valence-electron chi connectivity index (χ2n) is 3.79. The third-order valence-electron chi connectivity index (χ3n) is 2.43. The highest BCUT2D eigenvalue weighted by molar-refractivity contribution is 5.89. The zero-order valence-electron chi connectivity index (χ0n) is 10.6. The Labute approximate surface area is 108 Å². The molecule has 0 aliphatic carbocycles. The van der Waals surface area contributed by atoms with Crippen molar-refractivity contribution in [3.05, 3.63) is 6.20 Å². The molecule has 0 fully saturated rings. The number of nitrogens with zero attached hydrogens (tertiary/aromatic N) is 3. The normalized spacial score (nSPS) is 12.2. The number of esters is 1. The van der Waals surface area contributed by atoms with Crippen LogP contribution in [0.5, 0.6) is 0 Å². The predicted octanol–water partition coefficient (Wildman–Crippen LogP) is 0.00200. The molecule has 0 amide bonds. The Morgan fingerprint density at radius 2 is 2.37 bits per heavy atom. The zero-order chi connectivity index (χ0) is 13.8. The Hall–Kier alpha value is -2.42. The zero-order valence-corrected chi connectivity index (χ0v) is 10.6. The summed E-state index contributed by atoms with van der Waals surface area (Å²) in [6.45, 7) is 3.76. The molecule has 0 aromatic carbocycles. The molecule has 0 aliphatic heterocycles. The fraction of sp³-hybridized carbons (Fsp3) is 0.400. The molecular formula is C10H15N7O2. The number of fused-ring (bicyclic) bond motifs is 1. The van der Waals surface area contributed by atoms with Crippen molar-refractivity contribution in [3.8, 4) is 0 Å². The summed E-state index contributed by atoms with van der Waals surface area (Å²) in [5.74, 6) is 5.60. The molecule has 5 N–H and O–H groups in total.